The predicted molar refractivity (Wildman–Crippen MR) is 82.2 cm³/mol. The molecule has 0 heterocycles. The highest BCUT2D eigenvalue weighted by Gasteiger charge is 2.31. The Labute approximate surface area is 125 Å². The second-order valence-electron chi connectivity index (χ2n) is 4.92. The van der Waals surface area contributed by atoms with Crippen LogP contribution in [0.2, 0.25) is 0 Å². The average Bonchev–Trinajstić information content (AvgIpc) is 2.86. The van der Waals surface area contributed by atoms with Crippen LogP contribution in [0.3, 0.4) is 0 Å². The molecule has 0 aliphatic heterocycles. The van der Waals surface area contributed by atoms with E-state index in [1.54, 1.807) is 24.3 Å². The van der Waals surface area contributed by atoms with Crippen LogP contribution in [-0.4, -0.2) is 30.6 Å². The number of hydrogen-bond donors (Lipinski definition) is 2. The Bertz CT molecular complexity index is 545. The van der Waals surface area contributed by atoms with Gasteiger partial charge in [-0.05, 0) is 30.2 Å². The third kappa shape index (κ3) is 3.55. The van der Waals surface area contributed by atoms with Gasteiger partial charge >= 0.3 is 0 Å². The summed E-state index contributed by atoms with van der Waals surface area (Å²) in [4.78, 5) is 0.189. The fourth-order valence-electron chi connectivity index (χ4n) is 2.63. The molecule has 2 atom stereocenters. The summed E-state index contributed by atoms with van der Waals surface area (Å²) in [5, 5.41) is 9.64. The third-order valence-electron chi connectivity index (χ3n) is 3.57. The van der Waals surface area contributed by atoms with Gasteiger partial charge in [-0.3, -0.25) is 0 Å². The first-order valence-corrected chi connectivity index (χ1v) is 9.44. The Kier molecular flexibility index (Phi) is 5.49. The number of sulfonamides is 1. The molecular formula is C14H21NO3S2. The molecule has 20 heavy (non-hydrogen) atoms. The van der Waals surface area contributed by atoms with E-state index >= 15 is 0 Å². The Balaban J connectivity index is 2.18. The van der Waals surface area contributed by atoms with E-state index < -0.39 is 10.0 Å². The van der Waals surface area contributed by atoms with E-state index in [-0.39, 0.29) is 17.5 Å². The van der Waals surface area contributed by atoms with Crippen molar-refractivity contribution in [3.05, 3.63) is 29.8 Å². The van der Waals surface area contributed by atoms with E-state index in [2.05, 4.69) is 11.6 Å². The predicted octanol–water partition coefficient (Wildman–Crippen LogP) is 2.13. The molecule has 6 heteroatoms. The van der Waals surface area contributed by atoms with Crippen molar-refractivity contribution >= 4 is 21.8 Å². The molecule has 0 amide bonds. The van der Waals surface area contributed by atoms with Gasteiger partial charge in [0, 0.05) is 11.3 Å². The molecule has 2 rings (SSSR count). The van der Waals surface area contributed by atoms with E-state index in [4.69, 9.17) is 0 Å². The van der Waals surface area contributed by atoms with Crippen LogP contribution in [0.1, 0.15) is 31.7 Å². The summed E-state index contributed by atoms with van der Waals surface area (Å²) in [7, 11) is -3.56. The summed E-state index contributed by atoms with van der Waals surface area (Å²) < 4.78 is 27.8. The van der Waals surface area contributed by atoms with Crippen molar-refractivity contribution in [1.29, 1.82) is 0 Å². The van der Waals surface area contributed by atoms with Gasteiger partial charge in [-0.25, -0.2) is 13.1 Å². The van der Waals surface area contributed by atoms with Crippen molar-refractivity contribution in [3.8, 4) is 0 Å². The Hall–Kier alpha value is -0.560. The molecule has 0 bridgehead atoms. The second kappa shape index (κ2) is 6.93. The normalized spacial score (nSPS) is 23.1. The average molecular weight is 315 g/mol. The standard InChI is InChI=1S/C14H21NO3S2/c1-2-19-13-8-5-7-12(13)15-20(17,18)14-9-4-3-6-11(14)10-16/h3-4,6,9,12-13,15-16H,2,5,7-8,10H2,1H3. The Morgan fingerprint density at radius 1 is 1.35 bits per heavy atom. The maximum absolute atomic E-state index is 12.5. The lowest BCUT2D eigenvalue weighted by Gasteiger charge is -2.20. The summed E-state index contributed by atoms with van der Waals surface area (Å²) in [6, 6.07) is 6.60. The van der Waals surface area contributed by atoms with Gasteiger partial charge in [-0.2, -0.15) is 11.8 Å². The topological polar surface area (TPSA) is 66.4 Å². The maximum atomic E-state index is 12.5. The zero-order valence-electron chi connectivity index (χ0n) is 11.6. The molecule has 1 aromatic carbocycles. The van der Waals surface area contributed by atoms with Crippen LogP contribution in [0.15, 0.2) is 29.2 Å². The lowest BCUT2D eigenvalue weighted by Crippen LogP contribution is -2.39. The molecule has 0 spiro atoms. The molecular weight excluding hydrogens is 294 g/mol. The summed E-state index contributed by atoms with van der Waals surface area (Å²) in [5.41, 5.74) is 0.442. The van der Waals surface area contributed by atoms with E-state index in [1.165, 1.54) is 0 Å². The number of aliphatic hydroxyl groups is 1. The molecule has 1 aromatic rings. The smallest absolute Gasteiger partial charge is 0.241 e. The number of thioether (sulfide) groups is 1. The first kappa shape index (κ1) is 15.8. The first-order chi connectivity index (χ1) is 9.58. The van der Waals surface area contributed by atoms with Crippen molar-refractivity contribution in [1.82, 2.24) is 4.72 Å². The number of rotatable bonds is 6. The number of aliphatic hydroxyl groups excluding tert-OH is 1. The lowest BCUT2D eigenvalue weighted by atomic mass is 10.2. The van der Waals surface area contributed by atoms with Crippen LogP contribution in [0.25, 0.3) is 0 Å². The number of benzene rings is 1. The molecule has 0 aromatic heterocycles. The van der Waals surface area contributed by atoms with Gasteiger partial charge in [0.2, 0.25) is 10.0 Å². The largest absolute Gasteiger partial charge is 0.392 e. The van der Waals surface area contributed by atoms with Crippen molar-refractivity contribution < 1.29 is 13.5 Å². The van der Waals surface area contributed by atoms with Gasteiger partial charge in [0.25, 0.3) is 0 Å². The number of nitrogens with one attached hydrogen (secondary N) is 1. The molecule has 1 aliphatic rings. The van der Waals surface area contributed by atoms with Crippen molar-refractivity contribution in [3.63, 3.8) is 0 Å². The van der Waals surface area contributed by atoms with Crippen LogP contribution < -0.4 is 4.72 Å². The van der Waals surface area contributed by atoms with Crippen LogP contribution in [-0.2, 0) is 16.6 Å². The van der Waals surface area contributed by atoms with Gasteiger partial charge < -0.3 is 5.11 Å². The summed E-state index contributed by atoms with van der Waals surface area (Å²) in [6.45, 7) is 1.82. The highest BCUT2D eigenvalue weighted by molar-refractivity contribution is 8.00. The molecule has 1 aliphatic carbocycles. The SMILES string of the molecule is CCSC1CCCC1NS(=O)(=O)c1ccccc1CO. The maximum Gasteiger partial charge on any atom is 0.241 e. The minimum atomic E-state index is -3.56. The summed E-state index contributed by atoms with van der Waals surface area (Å²) in [5.74, 6) is 0.996. The van der Waals surface area contributed by atoms with Crippen LogP contribution in [0, 0.1) is 0 Å². The lowest BCUT2D eigenvalue weighted by molar-refractivity contribution is 0.278. The fourth-order valence-corrected chi connectivity index (χ4v) is 5.46. The Morgan fingerprint density at radius 3 is 2.80 bits per heavy atom. The van der Waals surface area contributed by atoms with E-state index in [0.717, 1.165) is 25.0 Å². The number of hydrogen-bond acceptors (Lipinski definition) is 4. The summed E-state index contributed by atoms with van der Waals surface area (Å²) in [6.07, 6.45) is 3.01. The summed E-state index contributed by atoms with van der Waals surface area (Å²) >= 11 is 1.82. The highest BCUT2D eigenvalue weighted by Crippen LogP contribution is 2.31. The van der Waals surface area contributed by atoms with Crippen molar-refractivity contribution in [2.24, 2.45) is 0 Å². The molecule has 4 nitrogen and oxygen atoms in total. The second-order valence-corrected chi connectivity index (χ2v) is 8.12. The molecule has 0 radical (unpaired) electrons. The molecule has 2 N–H and O–H groups in total. The molecule has 1 fully saturated rings. The van der Waals surface area contributed by atoms with E-state index in [0.29, 0.717) is 10.8 Å². The van der Waals surface area contributed by atoms with Gasteiger partial charge in [0.05, 0.1) is 11.5 Å². The molecule has 112 valence electrons. The third-order valence-corrected chi connectivity index (χ3v) is 6.49. The first-order valence-electron chi connectivity index (χ1n) is 6.91. The van der Waals surface area contributed by atoms with E-state index in [9.17, 15) is 13.5 Å². The van der Waals surface area contributed by atoms with Crippen LogP contribution >= 0.6 is 11.8 Å². The van der Waals surface area contributed by atoms with Crippen molar-refractivity contribution in [2.75, 3.05) is 5.75 Å². The van der Waals surface area contributed by atoms with Gasteiger partial charge in [0.15, 0.2) is 0 Å². The van der Waals surface area contributed by atoms with E-state index in [1.807, 2.05) is 11.8 Å². The van der Waals surface area contributed by atoms with Crippen LogP contribution in [0.4, 0.5) is 0 Å². The minimum Gasteiger partial charge on any atom is -0.392 e. The Morgan fingerprint density at radius 2 is 2.10 bits per heavy atom. The van der Waals surface area contributed by atoms with Gasteiger partial charge in [-0.15, -0.1) is 0 Å². The molecule has 0 saturated heterocycles. The van der Waals surface area contributed by atoms with Crippen molar-refractivity contribution in [2.45, 2.75) is 49.0 Å². The van der Waals surface area contributed by atoms with Crippen LogP contribution in [0.5, 0.6) is 0 Å². The zero-order valence-corrected chi connectivity index (χ0v) is 13.2. The van der Waals surface area contributed by atoms with Gasteiger partial charge in [-0.1, -0.05) is 31.5 Å². The molecule has 2 unspecified atom stereocenters. The quantitative estimate of drug-likeness (QED) is 0.844. The highest BCUT2D eigenvalue weighted by atomic mass is 32.2. The fraction of sp³-hybridized carbons (Fsp3) is 0.571. The minimum absolute atomic E-state index is 0.00306. The monoisotopic (exact) mass is 315 g/mol. The zero-order chi connectivity index (χ0) is 14.6. The van der Waals surface area contributed by atoms with Gasteiger partial charge in [0.1, 0.15) is 0 Å². The molecule has 1 saturated carbocycles.